The molecule has 0 aliphatic heterocycles. The number of rotatable bonds is 4. The fourth-order valence-electron chi connectivity index (χ4n) is 2.16. The number of aromatic amines is 1. The third-order valence-electron chi connectivity index (χ3n) is 3.37. The maximum Gasteiger partial charge on any atom is 0.271 e. The van der Waals surface area contributed by atoms with Gasteiger partial charge >= 0.3 is 0 Å². The van der Waals surface area contributed by atoms with Gasteiger partial charge in [0.15, 0.2) is 5.82 Å². The Labute approximate surface area is 121 Å². The van der Waals surface area contributed by atoms with Crippen LogP contribution in [0.5, 0.6) is 0 Å². The number of nitrogens with one attached hydrogen (secondary N) is 1. The Morgan fingerprint density at radius 3 is 2.70 bits per heavy atom. The molecule has 2 aromatic rings. The molecule has 5 nitrogen and oxygen atoms in total. The second-order valence-corrected chi connectivity index (χ2v) is 5.35. The molecule has 6 heteroatoms. The van der Waals surface area contributed by atoms with E-state index in [1.165, 1.54) is 6.33 Å². The quantitative estimate of drug-likeness (QED) is 0.846. The predicted octanol–water partition coefficient (Wildman–Crippen LogP) is 2.17. The van der Waals surface area contributed by atoms with Gasteiger partial charge < -0.3 is 15.6 Å². The molecular formula is C14H15ClN4O. The molecular weight excluding hydrogens is 276 g/mol. The van der Waals surface area contributed by atoms with Gasteiger partial charge in [-0.25, -0.2) is 4.98 Å². The standard InChI is InChI=1S/C14H15ClN4O/c15-12-13(17-8-18-14(12)20)19(11-5-6-11)7-9-1-3-10(16)4-2-9/h1-4,8,11H,5-7,16H2,(H,17,18,20). The Morgan fingerprint density at radius 1 is 1.35 bits per heavy atom. The summed E-state index contributed by atoms with van der Waals surface area (Å²) in [6, 6.07) is 8.09. The highest BCUT2D eigenvalue weighted by molar-refractivity contribution is 6.32. The molecule has 0 spiro atoms. The minimum Gasteiger partial charge on any atom is -0.399 e. The topological polar surface area (TPSA) is 75.0 Å². The monoisotopic (exact) mass is 290 g/mol. The highest BCUT2D eigenvalue weighted by Gasteiger charge is 2.31. The Morgan fingerprint density at radius 2 is 2.05 bits per heavy atom. The minimum atomic E-state index is -0.306. The van der Waals surface area contributed by atoms with E-state index < -0.39 is 0 Å². The third-order valence-corrected chi connectivity index (χ3v) is 3.71. The van der Waals surface area contributed by atoms with E-state index >= 15 is 0 Å². The van der Waals surface area contributed by atoms with Gasteiger partial charge in [0, 0.05) is 18.3 Å². The molecule has 0 atom stereocenters. The van der Waals surface area contributed by atoms with Crippen LogP contribution in [0.2, 0.25) is 5.02 Å². The van der Waals surface area contributed by atoms with Crippen molar-refractivity contribution in [2.45, 2.75) is 25.4 Å². The fraction of sp³-hybridized carbons (Fsp3) is 0.286. The van der Waals surface area contributed by atoms with Crippen molar-refractivity contribution in [2.75, 3.05) is 10.6 Å². The van der Waals surface area contributed by atoms with Crippen molar-refractivity contribution in [2.24, 2.45) is 0 Å². The van der Waals surface area contributed by atoms with E-state index in [-0.39, 0.29) is 10.6 Å². The molecule has 1 heterocycles. The predicted molar refractivity (Wildman–Crippen MR) is 79.9 cm³/mol. The summed E-state index contributed by atoms with van der Waals surface area (Å²) >= 11 is 6.08. The van der Waals surface area contributed by atoms with E-state index in [0.717, 1.165) is 24.1 Å². The van der Waals surface area contributed by atoms with E-state index in [2.05, 4.69) is 14.9 Å². The van der Waals surface area contributed by atoms with Crippen LogP contribution in [0, 0.1) is 0 Å². The van der Waals surface area contributed by atoms with Crippen LogP contribution in [0.1, 0.15) is 18.4 Å². The smallest absolute Gasteiger partial charge is 0.271 e. The van der Waals surface area contributed by atoms with E-state index in [4.69, 9.17) is 17.3 Å². The van der Waals surface area contributed by atoms with Gasteiger partial charge in [0.1, 0.15) is 5.02 Å². The van der Waals surface area contributed by atoms with Crippen molar-refractivity contribution in [1.82, 2.24) is 9.97 Å². The van der Waals surface area contributed by atoms with E-state index in [0.29, 0.717) is 18.4 Å². The zero-order valence-electron chi connectivity index (χ0n) is 10.8. The van der Waals surface area contributed by atoms with Crippen LogP contribution in [-0.2, 0) is 6.54 Å². The number of H-pyrrole nitrogens is 1. The Kier molecular flexibility index (Phi) is 3.36. The first kappa shape index (κ1) is 13.0. The number of nitrogens with zero attached hydrogens (tertiary/aromatic N) is 2. The molecule has 1 fully saturated rings. The number of nitrogen functional groups attached to an aromatic ring is 1. The lowest BCUT2D eigenvalue weighted by Gasteiger charge is -2.24. The number of hydrogen-bond acceptors (Lipinski definition) is 4. The number of anilines is 2. The number of aromatic nitrogens is 2. The molecule has 20 heavy (non-hydrogen) atoms. The first-order valence-corrected chi connectivity index (χ1v) is 6.87. The van der Waals surface area contributed by atoms with E-state index in [1.54, 1.807) is 0 Å². The first-order chi connectivity index (χ1) is 9.65. The van der Waals surface area contributed by atoms with Gasteiger partial charge in [-0.15, -0.1) is 0 Å². The lowest BCUT2D eigenvalue weighted by atomic mass is 10.2. The van der Waals surface area contributed by atoms with Gasteiger partial charge in [0.2, 0.25) is 0 Å². The summed E-state index contributed by atoms with van der Waals surface area (Å²) in [5, 5.41) is 0.148. The molecule has 1 aliphatic rings. The van der Waals surface area contributed by atoms with Gasteiger partial charge in [0.25, 0.3) is 5.56 Å². The van der Waals surface area contributed by atoms with Crippen molar-refractivity contribution in [3.63, 3.8) is 0 Å². The molecule has 0 bridgehead atoms. The molecule has 104 valence electrons. The lowest BCUT2D eigenvalue weighted by Crippen LogP contribution is -2.28. The molecule has 3 N–H and O–H groups in total. The Bertz CT molecular complexity index is 664. The van der Waals surface area contributed by atoms with Crippen LogP contribution in [-0.4, -0.2) is 16.0 Å². The van der Waals surface area contributed by atoms with Crippen LogP contribution < -0.4 is 16.2 Å². The largest absolute Gasteiger partial charge is 0.399 e. The summed E-state index contributed by atoms with van der Waals surface area (Å²) in [4.78, 5) is 20.4. The second kappa shape index (κ2) is 5.17. The molecule has 3 rings (SSSR count). The van der Waals surface area contributed by atoms with Crippen LogP contribution in [0.15, 0.2) is 35.4 Å². The molecule has 0 amide bonds. The van der Waals surface area contributed by atoms with Crippen molar-refractivity contribution < 1.29 is 0 Å². The number of halogens is 1. The molecule has 1 saturated carbocycles. The van der Waals surface area contributed by atoms with Crippen LogP contribution >= 0.6 is 11.6 Å². The Balaban J connectivity index is 1.91. The number of hydrogen-bond donors (Lipinski definition) is 2. The van der Waals surface area contributed by atoms with Crippen molar-refractivity contribution in [3.8, 4) is 0 Å². The molecule has 0 unspecified atom stereocenters. The molecule has 1 aliphatic carbocycles. The van der Waals surface area contributed by atoms with Gasteiger partial charge in [-0.1, -0.05) is 23.7 Å². The zero-order chi connectivity index (χ0) is 14.1. The van der Waals surface area contributed by atoms with Crippen LogP contribution in [0.4, 0.5) is 11.5 Å². The lowest BCUT2D eigenvalue weighted by molar-refractivity contribution is 0.774. The molecule has 1 aromatic heterocycles. The maximum atomic E-state index is 11.6. The maximum absolute atomic E-state index is 11.6. The van der Waals surface area contributed by atoms with Crippen molar-refractivity contribution in [3.05, 3.63) is 51.5 Å². The summed E-state index contributed by atoms with van der Waals surface area (Å²) in [7, 11) is 0. The highest BCUT2D eigenvalue weighted by Crippen LogP contribution is 2.34. The average molecular weight is 291 g/mol. The summed E-state index contributed by atoms with van der Waals surface area (Å²) in [6.07, 6.45) is 3.58. The average Bonchev–Trinajstić information content (AvgIpc) is 3.26. The summed E-state index contributed by atoms with van der Waals surface area (Å²) in [6.45, 7) is 0.668. The van der Waals surface area contributed by atoms with Crippen LogP contribution in [0.3, 0.4) is 0 Å². The number of nitrogens with two attached hydrogens (primary N) is 1. The normalized spacial score (nSPS) is 14.2. The zero-order valence-corrected chi connectivity index (χ0v) is 11.6. The van der Waals surface area contributed by atoms with Gasteiger partial charge in [-0.05, 0) is 30.5 Å². The summed E-state index contributed by atoms with van der Waals surface area (Å²) in [5.74, 6) is 0.551. The SMILES string of the molecule is Nc1ccc(CN(c2nc[nH]c(=O)c2Cl)C2CC2)cc1. The van der Waals surface area contributed by atoms with E-state index in [1.807, 2.05) is 24.3 Å². The molecule has 0 saturated heterocycles. The highest BCUT2D eigenvalue weighted by atomic mass is 35.5. The second-order valence-electron chi connectivity index (χ2n) is 4.97. The fourth-order valence-corrected chi connectivity index (χ4v) is 2.37. The number of benzene rings is 1. The summed E-state index contributed by atoms with van der Waals surface area (Å²) in [5.41, 5.74) is 7.24. The van der Waals surface area contributed by atoms with Gasteiger partial charge in [-0.3, -0.25) is 4.79 Å². The van der Waals surface area contributed by atoms with Crippen LogP contribution in [0.25, 0.3) is 0 Å². The summed E-state index contributed by atoms with van der Waals surface area (Å²) < 4.78 is 0. The molecule has 1 aromatic carbocycles. The first-order valence-electron chi connectivity index (χ1n) is 6.49. The van der Waals surface area contributed by atoms with Crippen molar-refractivity contribution in [1.29, 1.82) is 0 Å². The van der Waals surface area contributed by atoms with Crippen molar-refractivity contribution >= 4 is 23.1 Å². The van der Waals surface area contributed by atoms with E-state index in [9.17, 15) is 4.79 Å². The van der Waals surface area contributed by atoms with Gasteiger partial charge in [-0.2, -0.15) is 0 Å². The Hall–Kier alpha value is -2.01. The van der Waals surface area contributed by atoms with Gasteiger partial charge in [0.05, 0.1) is 6.33 Å². The minimum absolute atomic E-state index is 0.148. The molecule has 0 radical (unpaired) electrons. The third kappa shape index (κ3) is 2.63.